The number of amides is 1. The normalized spacial score (nSPS) is 28.5. The number of piperidine rings is 1. The van der Waals surface area contributed by atoms with E-state index < -0.39 is 24.0 Å². The second kappa shape index (κ2) is 3.61. The first-order valence-corrected chi connectivity index (χ1v) is 3.98. The van der Waals surface area contributed by atoms with Crippen molar-refractivity contribution in [3.05, 3.63) is 0 Å². The molecule has 0 aromatic carbocycles. The highest BCUT2D eigenvalue weighted by Crippen LogP contribution is 2.15. The van der Waals surface area contributed by atoms with Gasteiger partial charge in [-0.3, -0.25) is 4.79 Å². The predicted molar refractivity (Wildman–Crippen MR) is 43.3 cm³/mol. The number of likely N-dealkylation sites (tertiary alicyclic amines) is 1. The first kappa shape index (κ1) is 9.79. The van der Waals surface area contributed by atoms with Crippen molar-refractivity contribution in [1.82, 2.24) is 4.90 Å². The van der Waals surface area contributed by atoms with E-state index in [1.807, 2.05) is 0 Å². The summed E-state index contributed by atoms with van der Waals surface area (Å²) in [6.45, 7) is 0.312. The third-order valence-corrected chi connectivity index (χ3v) is 2.25. The highest BCUT2D eigenvalue weighted by atomic mass is 16.4. The van der Waals surface area contributed by atoms with Gasteiger partial charge >= 0.3 is 12.1 Å². The Kier molecular flexibility index (Phi) is 2.72. The Morgan fingerprint density at radius 2 is 2.00 bits per heavy atom. The molecule has 1 heterocycles. The average Bonchev–Trinajstić information content (AvgIpc) is 2.04. The van der Waals surface area contributed by atoms with E-state index in [0.29, 0.717) is 13.0 Å². The van der Waals surface area contributed by atoms with Crippen LogP contribution in [0.25, 0.3) is 0 Å². The van der Waals surface area contributed by atoms with Crippen molar-refractivity contribution in [3.63, 3.8) is 0 Å². The van der Waals surface area contributed by atoms with E-state index in [1.165, 1.54) is 0 Å². The zero-order valence-electron chi connectivity index (χ0n) is 7.01. The molecule has 1 saturated heterocycles. The van der Waals surface area contributed by atoms with Crippen LogP contribution in [0.4, 0.5) is 4.79 Å². The molecule has 0 unspecified atom stereocenters. The monoisotopic (exact) mass is 188 g/mol. The maximum absolute atomic E-state index is 10.6. The molecule has 2 atom stereocenters. The minimum absolute atomic E-state index is 0.00810. The number of hydrogen-bond donors (Lipinski definition) is 3. The zero-order valence-corrected chi connectivity index (χ0v) is 7.01. The fourth-order valence-corrected chi connectivity index (χ4v) is 1.41. The van der Waals surface area contributed by atoms with Crippen molar-refractivity contribution >= 4 is 12.1 Å². The molecule has 0 spiro atoms. The molecule has 1 aliphatic rings. The molecule has 1 rings (SSSR count). The molecular weight excluding hydrogens is 176 g/mol. The van der Waals surface area contributed by atoms with Crippen molar-refractivity contribution in [2.75, 3.05) is 13.1 Å². The lowest BCUT2D eigenvalue weighted by Crippen LogP contribution is -2.51. The Hall–Kier alpha value is -1.30. The van der Waals surface area contributed by atoms with E-state index in [1.54, 1.807) is 0 Å². The summed E-state index contributed by atoms with van der Waals surface area (Å²) >= 11 is 0. The lowest BCUT2D eigenvalue weighted by atomic mass is 9.93. The Bertz CT molecular complexity index is 231. The molecule has 0 aromatic rings. The number of carboxylic acid groups (broad SMARTS) is 2. The summed E-state index contributed by atoms with van der Waals surface area (Å²) in [4.78, 5) is 22.2. The van der Waals surface area contributed by atoms with Crippen molar-refractivity contribution in [3.8, 4) is 0 Å². The zero-order chi connectivity index (χ0) is 10.0. The lowest BCUT2D eigenvalue weighted by Gasteiger charge is -2.32. The standard InChI is InChI=1S/C7H12N2O4/c8-5-1-2-9(7(12)13)3-4(5)6(10)11/h4-5H,1-3,8H2,(H,10,11)(H,12,13)/t4-,5+/m1/s1. The van der Waals surface area contributed by atoms with Gasteiger partial charge in [0.25, 0.3) is 0 Å². The van der Waals surface area contributed by atoms with Gasteiger partial charge in [-0.1, -0.05) is 0 Å². The summed E-state index contributed by atoms with van der Waals surface area (Å²) in [6, 6.07) is -0.437. The fraction of sp³-hybridized carbons (Fsp3) is 0.714. The summed E-state index contributed by atoms with van der Waals surface area (Å²) in [7, 11) is 0. The van der Waals surface area contributed by atoms with Crippen LogP contribution in [-0.2, 0) is 4.79 Å². The van der Waals surface area contributed by atoms with Crippen LogP contribution in [-0.4, -0.2) is 46.3 Å². The van der Waals surface area contributed by atoms with E-state index >= 15 is 0 Å². The van der Waals surface area contributed by atoms with Gasteiger partial charge in [-0.25, -0.2) is 4.79 Å². The van der Waals surface area contributed by atoms with Crippen LogP contribution in [0.2, 0.25) is 0 Å². The van der Waals surface area contributed by atoms with Crippen molar-refractivity contribution in [2.24, 2.45) is 11.7 Å². The molecule has 74 valence electrons. The molecular formula is C7H12N2O4. The molecule has 1 amide bonds. The quantitative estimate of drug-likeness (QED) is 0.509. The van der Waals surface area contributed by atoms with Gasteiger partial charge in [0.15, 0.2) is 0 Å². The molecule has 4 N–H and O–H groups in total. The number of nitrogens with two attached hydrogens (primary N) is 1. The van der Waals surface area contributed by atoms with Crippen LogP contribution < -0.4 is 5.73 Å². The van der Waals surface area contributed by atoms with Crippen LogP contribution in [0.15, 0.2) is 0 Å². The Balaban J connectivity index is 2.63. The van der Waals surface area contributed by atoms with Gasteiger partial charge in [0.1, 0.15) is 0 Å². The van der Waals surface area contributed by atoms with E-state index in [-0.39, 0.29) is 6.54 Å². The van der Waals surface area contributed by atoms with Gasteiger partial charge in [0.05, 0.1) is 5.92 Å². The molecule has 1 aliphatic heterocycles. The van der Waals surface area contributed by atoms with Gasteiger partial charge in [0, 0.05) is 19.1 Å². The molecule has 0 aromatic heterocycles. The summed E-state index contributed by atoms with van der Waals surface area (Å²) in [6.07, 6.45) is -0.679. The number of carboxylic acids is 1. The smallest absolute Gasteiger partial charge is 0.407 e. The maximum Gasteiger partial charge on any atom is 0.407 e. The largest absolute Gasteiger partial charge is 0.481 e. The average molecular weight is 188 g/mol. The van der Waals surface area contributed by atoms with Crippen molar-refractivity contribution in [2.45, 2.75) is 12.5 Å². The minimum atomic E-state index is -1.09. The SMILES string of the molecule is N[C@H]1CCN(C(=O)O)C[C@H]1C(=O)O. The van der Waals surface area contributed by atoms with Gasteiger partial charge in [-0.05, 0) is 6.42 Å². The summed E-state index contributed by atoms with van der Waals surface area (Å²) in [5, 5.41) is 17.3. The van der Waals surface area contributed by atoms with Crippen LogP contribution in [0.3, 0.4) is 0 Å². The molecule has 0 bridgehead atoms. The van der Waals surface area contributed by atoms with Gasteiger partial charge in [-0.2, -0.15) is 0 Å². The first-order chi connectivity index (χ1) is 6.02. The Morgan fingerprint density at radius 3 is 2.46 bits per heavy atom. The highest BCUT2D eigenvalue weighted by molar-refractivity contribution is 5.73. The van der Waals surface area contributed by atoms with Gasteiger partial charge in [-0.15, -0.1) is 0 Å². The Morgan fingerprint density at radius 1 is 1.38 bits per heavy atom. The number of carbonyl (C=O) groups is 2. The molecule has 6 heteroatoms. The topological polar surface area (TPSA) is 104 Å². The minimum Gasteiger partial charge on any atom is -0.481 e. The molecule has 6 nitrogen and oxygen atoms in total. The van der Waals surface area contributed by atoms with E-state index in [0.717, 1.165) is 4.90 Å². The summed E-state index contributed by atoms with van der Waals surface area (Å²) in [5.41, 5.74) is 5.54. The highest BCUT2D eigenvalue weighted by Gasteiger charge is 2.33. The number of nitrogens with zero attached hydrogens (tertiary/aromatic N) is 1. The van der Waals surface area contributed by atoms with E-state index in [4.69, 9.17) is 15.9 Å². The van der Waals surface area contributed by atoms with E-state index in [2.05, 4.69) is 0 Å². The summed E-state index contributed by atoms with van der Waals surface area (Å²) in [5.74, 6) is -1.80. The Labute approximate surface area is 74.9 Å². The summed E-state index contributed by atoms with van der Waals surface area (Å²) < 4.78 is 0. The number of hydrogen-bond acceptors (Lipinski definition) is 3. The number of aliphatic carboxylic acids is 1. The first-order valence-electron chi connectivity index (χ1n) is 3.98. The fourth-order valence-electron chi connectivity index (χ4n) is 1.41. The van der Waals surface area contributed by atoms with Crippen LogP contribution in [0, 0.1) is 5.92 Å². The van der Waals surface area contributed by atoms with Crippen LogP contribution >= 0.6 is 0 Å². The van der Waals surface area contributed by atoms with Crippen molar-refractivity contribution in [1.29, 1.82) is 0 Å². The molecule has 0 saturated carbocycles. The third-order valence-electron chi connectivity index (χ3n) is 2.25. The van der Waals surface area contributed by atoms with Crippen molar-refractivity contribution < 1.29 is 19.8 Å². The lowest BCUT2D eigenvalue weighted by molar-refractivity contribution is -0.143. The second-order valence-electron chi connectivity index (χ2n) is 3.13. The third kappa shape index (κ3) is 2.09. The molecule has 13 heavy (non-hydrogen) atoms. The molecule has 1 fully saturated rings. The molecule has 0 aliphatic carbocycles. The predicted octanol–water partition coefficient (Wildman–Crippen LogP) is -0.602. The molecule has 0 radical (unpaired) electrons. The number of rotatable bonds is 1. The maximum atomic E-state index is 10.6. The van der Waals surface area contributed by atoms with Crippen LogP contribution in [0.1, 0.15) is 6.42 Å². The van der Waals surface area contributed by atoms with Gasteiger partial charge in [0.2, 0.25) is 0 Å². The van der Waals surface area contributed by atoms with E-state index in [9.17, 15) is 9.59 Å². The van der Waals surface area contributed by atoms with Crippen LogP contribution in [0.5, 0.6) is 0 Å². The van der Waals surface area contributed by atoms with Gasteiger partial charge < -0.3 is 20.8 Å². The second-order valence-corrected chi connectivity index (χ2v) is 3.13.